The Kier molecular flexibility index (Phi) is 2.39. The second-order valence-corrected chi connectivity index (χ2v) is 3.90. The second kappa shape index (κ2) is 3.57. The molecule has 0 aliphatic carbocycles. The van der Waals surface area contributed by atoms with Gasteiger partial charge in [-0.3, -0.25) is 4.79 Å². The molecule has 1 aromatic carbocycles. The zero-order valence-electron chi connectivity index (χ0n) is 9.11. The number of hydrogen-bond acceptors (Lipinski definition) is 3. The van der Waals surface area contributed by atoms with Crippen LogP contribution in [0, 0.1) is 5.92 Å². The topological polar surface area (TPSA) is 35.5 Å². The summed E-state index contributed by atoms with van der Waals surface area (Å²) in [6.07, 6.45) is 0. The molecule has 1 aliphatic heterocycles. The summed E-state index contributed by atoms with van der Waals surface area (Å²) in [6, 6.07) is 5.61. The average Bonchev–Trinajstić information content (AvgIpc) is 2.25. The molecule has 0 bridgehead atoms. The highest BCUT2D eigenvalue weighted by molar-refractivity contribution is 5.79. The maximum absolute atomic E-state index is 11.5. The highest BCUT2D eigenvalue weighted by atomic mass is 16.5. The lowest BCUT2D eigenvalue weighted by Crippen LogP contribution is -2.28. The van der Waals surface area contributed by atoms with Crippen molar-refractivity contribution in [1.29, 1.82) is 0 Å². The number of carbonyl (C=O) groups is 1. The molecule has 1 aliphatic rings. The monoisotopic (exact) mass is 206 g/mol. The Morgan fingerprint density at radius 2 is 2.00 bits per heavy atom. The first kappa shape index (κ1) is 10.0. The van der Waals surface area contributed by atoms with Crippen LogP contribution in [0.3, 0.4) is 0 Å². The Morgan fingerprint density at radius 3 is 2.67 bits per heavy atom. The summed E-state index contributed by atoms with van der Waals surface area (Å²) in [6.45, 7) is 3.93. The molecule has 1 aromatic rings. The Labute approximate surface area is 89.0 Å². The first-order chi connectivity index (χ1) is 7.13. The van der Waals surface area contributed by atoms with Crippen LogP contribution in [0.2, 0.25) is 0 Å². The standard InChI is InChI=1S/C12H14O3/c1-7-8(2)12(13)15-11-6-9(14-3)4-5-10(7)11/h4-8H,1-3H3. The van der Waals surface area contributed by atoms with Gasteiger partial charge in [-0.15, -0.1) is 0 Å². The maximum atomic E-state index is 11.5. The van der Waals surface area contributed by atoms with Crippen molar-refractivity contribution >= 4 is 5.97 Å². The third kappa shape index (κ3) is 1.58. The minimum atomic E-state index is -0.164. The lowest BCUT2D eigenvalue weighted by molar-refractivity contribution is -0.140. The first-order valence-corrected chi connectivity index (χ1v) is 5.03. The van der Waals surface area contributed by atoms with E-state index in [0.717, 1.165) is 5.56 Å². The molecule has 2 rings (SSSR count). The third-order valence-corrected chi connectivity index (χ3v) is 3.04. The summed E-state index contributed by atoms with van der Waals surface area (Å²) in [7, 11) is 1.60. The normalized spacial score (nSPS) is 24.3. The van der Waals surface area contributed by atoms with Gasteiger partial charge in [-0.25, -0.2) is 0 Å². The Bertz CT molecular complexity index is 398. The van der Waals surface area contributed by atoms with Crippen LogP contribution >= 0.6 is 0 Å². The SMILES string of the molecule is COc1ccc2c(c1)OC(=O)C(C)C2C. The van der Waals surface area contributed by atoms with Crippen LogP contribution in [0.4, 0.5) is 0 Å². The molecule has 80 valence electrons. The summed E-state index contributed by atoms with van der Waals surface area (Å²) in [5.41, 5.74) is 1.07. The smallest absolute Gasteiger partial charge is 0.314 e. The van der Waals surface area contributed by atoms with Crippen molar-refractivity contribution in [2.75, 3.05) is 7.11 Å². The zero-order chi connectivity index (χ0) is 11.0. The molecule has 3 nitrogen and oxygen atoms in total. The molecule has 0 aromatic heterocycles. The molecule has 3 heteroatoms. The van der Waals surface area contributed by atoms with Crippen molar-refractivity contribution in [2.24, 2.45) is 5.92 Å². The van der Waals surface area contributed by atoms with Crippen molar-refractivity contribution in [1.82, 2.24) is 0 Å². The fraction of sp³-hybridized carbons (Fsp3) is 0.417. The van der Waals surface area contributed by atoms with Crippen molar-refractivity contribution in [3.63, 3.8) is 0 Å². The van der Waals surface area contributed by atoms with Gasteiger partial charge in [-0.1, -0.05) is 19.9 Å². The molecular weight excluding hydrogens is 192 g/mol. The van der Waals surface area contributed by atoms with E-state index in [1.54, 1.807) is 13.2 Å². The number of methoxy groups -OCH3 is 1. The molecule has 0 radical (unpaired) electrons. The molecule has 0 saturated carbocycles. The fourth-order valence-corrected chi connectivity index (χ4v) is 1.78. The van der Waals surface area contributed by atoms with Gasteiger partial charge in [0.2, 0.25) is 0 Å². The van der Waals surface area contributed by atoms with Crippen molar-refractivity contribution in [2.45, 2.75) is 19.8 Å². The van der Waals surface area contributed by atoms with E-state index in [1.807, 2.05) is 26.0 Å². The van der Waals surface area contributed by atoms with Crippen LogP contribution in [0.15, 0.2) is 18.2 Å². The Balaban J connectivity index is 2.45. The predicted octanol–water partition coefficient (Wildman–Crippen LogP) is 2.35. The van der Waals surface area contributed by atoms with E-state index in [-0.39, 0.29) is 17.8 Å². The lowest BCUT2D eigenvalue weighted by atomic mass is 9.86. The van der Waals surface area contributed by atoms with Crippen LogP contribution in [0.5, 0.6) is 11.5 Å². The van der Waals surface area contributed by atoms with E-state index >= 15 is 0 Å². The van der Waals surface area contributed by atoms with E-state index < -0.39 is 0 Å². The van der Waals surface area contributed by atoms with Crippen molar-refractivity contribution in [3.8, 4) is 11.5 Å². The molecule has 0 fully saturated rings. The summed E-state index contributed by atoms with van der Waals surface area (Å²) >= 11 is 0. The second-order valence-electron chi connectivity index (χ2n) is 3.90. The van der Waals surface area contributed by atoms with E-state index in [2.05, 4.69) is 0 Å². The molecule has 2 atom stereocenters. The molecule has 0 saturated heterocycles. The maximum Gasteiger partial charge on any atom is 0.314 e. The average molecular weight is 206 g/mol. The van der Waals surface area contributed by atoms with Gasteiger partial charge in [-0.05, 0) is 17.5 Å². The van der Waals surface area contributed by atoms with Crippen LogP contribution in [0.25, 0.3) is 0 Å². The highest BCUT2D eigenvalue weighted by Gasteiger charge is 2.31. The summed E-state index contributed by atoms with van der Waals surface area (Å²) in [5, 5.41) is 0. The van der Waals surface area contributed by atoms with Gasteiger partial charge in [0.1, 0.15) is 11.5 Å². The van der Waals surface area contributed by atoms with Gasteiger partial charge in [0, 0.05) is 6.07 Å². The van der Waals surface area contributed by atoms with E-state index in [9.17, 15) is 4.79 Å². The van der Waals surface area contributed by atoms with E-state index in [4.69, 9.17) is 9.47 Å². The number of hydrogen-bond donors (Lipinski definition) is 0. The zero-order valence-corrected chi connectivity index (χ0v) is 9.11. The molecular formula is C12H14O3. The van der Waals surface area contributed by atoms with Crippen LogP contribution in [-0.2, 0) is 4.79 Å². The van der Waals surface area contributed by atoms with E-state index in [1.165, 1.54) is 0 Å². The Hall–Kier alpha value is -1.51. The van der Waals surface area contributed by atoms with Crippen molar-refractivity contribution < 1.29 is 14.3 Å². The minimum Gasteiger partial charge on any atom is -0.497 e. The number of esters is 1. The quantitative estimate of drug-likeness (QED) is 0.522. The van der Waals surface area contributed by atoms with Gasteiger partial charge in [0.15, 0.2) is 0 Å². The van der Waals surface area contributed by atoms with Crippen molar-refractivity contribution in [3.05, 3.63) is 23.8 Å². The van der Waals surface area contributed by atoms with E-state index in [0.29, 0.717) is 11.5 Å². The molecule has 15 heavy (non-hydrogen) atoms. The molecule has 0 amide bonds. The van der Waals surface area contributed by atoms with Gasteiger partial charge in [0.05, 0.1) is 13.0 Å². The molecule has 0 N–H and O–H groups in total. The highest BCUT2D eigenvalue weighted by Crippen LogP contribution is 2.38. The number of ether oxygens (including phenoxy) is 2. The minimum absolute atomic E-state index is 0.0779. The number of carbonyl (C=O) groups excluding carboxylic acids is 1. The van der Waals surface area contributed by atoms with Crippen LogP contribution < -0.4 is 9.47 Å². The lowest BCUT2D eigenvalue weighted by Gasteiger charge is -2.27. The number of rotatable bonds is 1. The number of fused-ring (bicyclic) bond motifs is 1. The molecule has 1 heterocycles. The van der Waals surface area contributed by atoms with Gasteiger partial charge in [0.25, 0.3) is 0 Å². The van der Waals surface area contributed by atoms with Gasteiger partial charge < -0.3 is 9.47 Å². The number of benzene rings is 1. The summed E-state index contributed by atoms with van der Waals surface area (Å²) in [4.78, 5) is 11.5. The summed E-state index contributed by atoms with van der Waals surface area (Å²) < 4.78 is 10.3. The Morgan fingerprint density at radius 1 is 1.27 bits per heavy atom. The largest absolute Gasteiger partial charge is 0.497 e. The fourth-order valence-electron chi connectivity index (χ4n) is 1.78. The third-order valence-electron chi connectivity index (χ3n) is 3.04. The predicted molar refractivity (Wildman–Crippen MR) is 56.2 cm³/mol. The summed E-state index contributed by atoms with van der Waals surface area (Å²) in [5.74, 6) is 1.30. The van der Waals surface area contributed by atoms with Crippen LogP contribution in [-0.4, -0.2) is 13.1 Å². The van der Waals surface area contributed by atoms with Gasteiger partial charge >= 0.3 is 5.97 Å². The molecule has 0 spiro atoms. The first-order valence-electron chi connectivity index (χ1n) is 5.03. The van der Waals surface area contributed by atoms with Gasteiger partial charge in [-0.2, -0.15) is 0 Å². The molecule has 2 unspecified atom stereocenters. The van der Waals surface area contributed by atoms with Crippen LogP contribution in [0.1, 0.15) is 25.3 Å².